The number of carbonyl (C=O) groups is 2. The maximum atomic E-state index is 13.1. The second-order valence-corrected chi connectivity index (χ2v) is 13.5. The molecule has 2 aromatic heterocycles. The highest BCUT2D eigenvalue weighted by atomic mass is 16.6. The highest BCUT2D eigenvalue weighted by Gasteiger charge is 2.49. The third-order valence-corrected chi connectivity index (χ3v) is 9.29. The van der Waals surface area contributed by atoms with Crippen LogP contribution in [0.3, 0.4) is 0 Å². The molecule has 9 nitrogen and oxygen atoms in total. The molecule has 9 heteroatoms. The number of fused-ring (bicyclic) bond motifs is 1. The Labute approximate surface area is 253 Å². The van der Waals surface area contributed by atoms with Gasteiger partial charge in [-0.25, -0.2) is 9.78 Å². The average Bonchev–Trinajstić information content (AvgIpc) is 3.37. The lowest BCUT2D eigenvalue weighted by atomic mass is 9.57. The summed E-state index contributed by atoms with van der Waals surface area (Å²) >= 11 is 0. The van der Waals surface area contributed by atoms with Crippen LogP contribution in [-0.2, 0) is 20.8 Å². The quantitative estimate of drug-likeness (QED) is 0.396. The van der Waals surface area contributed by atoms with Gasteiger partial charge in [0.25, 0.3) is 0 Å². The monoisotopic (exact) mass is 583 g/mol. The molecule has 3 fully saturated rings. The Hall–Kier alpha value is -3.90. The van der Waals surface area contributed by atoms with E-state index in [2.05, 4.69) is 45.3 Å². The van der Waals surface area contributed by atoms with Crippen molar-refractivity contribution in [3.63, 3.8) is 0 Å². The second-order valence-electron chi connectivity index (χ2n) is 13.5. The Morgan fingerprint density at radius 1 is 1.14 bits per heavy atom. The van der Waals surface area contributed by atoms with Gasteiger partial charge in [0.05, 0.1) is 5.69 Å². The number of amides is 2. The number of aromatic nitrogens is 2. The van der Waals surface area contributed by atoms with E-state index in [1.165, 1.54) is 0 Å². The van der Waals surface area contributed by atoms with Crippen LogP contribution in [0.2, 0.25) is 0 Å². The first-order valence-electron chi connectivity index (χ1n) is 15.5. The lowest BCUT2D eigenvalue weighted by molar-refractivity contribution is -0.135. The van der Waals surface area contributed by atoms with Gasteiger partial charge in [0.1, 0.15) is 17.4 Å². The molecule has 0 atom stereocenters. The van der Waals surface area contributed by atoms with Crippen molar-refractivity contribution in [3.05, 3.63) is 53.9 Å². The topological polar surface area (TPSA) is 109 Å². The van der Waals surface area contributed by atoms with E-state index < -0.39 is 5.60 Å². The van der Waals surface area contributed by atoms with E-state index in [1.54, 1.807) is 11.0 Å². The van der Waals surface area contributed by atoms with Crippen LogP contribution < -0.4 is 5.32 Å². The summed E-state index contributed by atoms with van der Waals surface area (Å²) in [7, 11) is 0. The minimum Gasteiger partial charge on any atom is -0.444 e. The molecule has 6 rings (SSSR count). The van der Waals surface area contributed by atoms with Crippen LogP contribution in [0.5, 0.6) is 0 Å². The number of piperidine rings is 1. The predicted molar refractivity (Wildman–Crippen MR) is 163 cm³/mol. The fourth-order valence-corrected chi connectivity index (χ4v) is 6.93. The molecule has 2 amide bonds. The van der Waals surface area contributed by atoms with Gasteiger partial charge in [-0.05, 0) is 88.5 Å². The third kappa shape index (κ3) is 6.25. The summed E-state index contributed by atoms with van der Waals surface area (Å²) in [6.45, 7) is 8.99. The van der Waals surface area contributed by atoms with Crippen LogP contribution in [0, 0.1) is 22.7 Å². The summed E-state index contributed by atoms with van der Waals surface area (Å²) in [5.74, 6) is 0.131. The van der Waals surface area contributed by atoms with Crippen molar-refractivity contribution < 1.29 is 19.1 Å². The van der Waals surface area contributed by atoms with Gasteiger partial charge in [-0.15, -0.1) is 0 Å². The van der Waals surface area contributed by atoms with E-state index in [1.807, 2.05) is 32.9 Å². The molecule has 2 aliphatic heterocycles. The molecule has 226 valence electrons. The Morgan fingerprint density at radius 2 is 1.88 bits per heavy atom. The number of rotatable bonds is 5. The molecule has 1 spiro atoms. The molecular formula is C34H41N5O4. The second kappa shape index (κ2) is 11.6. The number of hydrogen-bond donors (Lipinski definition) is 1. The number of likely N-dealkylation sites (tertiary alicyclic amines) is 1. The van der Waals surface area contributed by atoms with Gasteiger partial charge in [0.2, 0.25) is 5.91 Å². The summed E-state index contributed by atoms with van der Waals surface area (Å²) < 4.78 is 13.5. The minimum atomic E-state index is -0.492. The molecule has 2 saturated heterocycles. The van der Waals surface area contributed by atoms with Crippen molar-refractivity contribution >= 4 is 22.9 Å². The Balaban J connectivity index is 1.10. The van der Waals surface area contributed by atoms with Crippen LogP contribution in [0.4, 0.5) is 4.79 Å². The molecular weight excluding hydrogens is 542 g/mol. The highest BCUT2D eigenvalue weighted by Crippen LogP contribution is 2.52. The van der Waals surface area contributed by atoms with Gasteiger partial charge in [-0.1, -0.05) is 18.2 Å². The molecule has 0 unspecified atom stereocenters. The number of carbonyl (C=O) groups excluding carboxylic acids is 2. The zero-order valence-corrected chi connectivity index (χ0v) is 25.4. The van der Waals surface area contributed by atoms with Gasteiger partial charge < -0.3 is 24.3 Å². The Bertz CT molecular complexity index is 1540. The molecule has 1 aromatic carbocycles. The van der Waals surface area contributed by atoms with Gasteiger partial charge in [0.15, 0.2) is 0 Å². The van der Waals surface area contributed by atoms with Crippen LogP contribution in [-0.4, -0.2) is 58.4 Å². The van der Waals surface area contributed by atoms with E-state index >= 15 is 0 Å². The number of pyridine rings is 1. The Kier molecular flexibility index (Phi) is 7.91. The molecule has 3 aromatic rings. The lowest BCUT2D eigenvalue weighted by Crippen LogP contribution is -2.52. The van der Waals surface area contributed by atoms with Crippen LogP contribution in [0.25, 0.3) is 22.2 Å². The fourth-order valence-electron chi connectivity index (χ4n) is 6.93. The SMILES string of the molecule is CC(C)(C)OC(=O)N1CCC2(CC1)CC(C(=O)NCc1ccc3c(-c4cccc(C#N)n4)cn(C4CCOCC4)c3c1)C2. The zero-order chi connectivity index (χ0) is 30.2. The first-order valence-corrected chi connectivity index (χ1v) is 15.5. The molecule has 4 heterocycles. The summed E-state index contributed by atoms with van der Waals surface area (Å²) in [6.07, 6.45) is 7.40. The van der Waals surface area contributed by atoms with Crippen molar-refractivity contribution in [2.75, 3.05) is 26.3 Å². The number of nitrogens with zero attached hydrogens (tertiary/aromatic N) is 4. The molecule has 0 radical (unpaired) electrons. The van der Waals surface area contributed by atoms with E-state index in [0.717, 1.165) is 79.5 Å². The van der Waals surface area contributed by atoms with Gasteiger partial charge >= 0.3 is 6.09 Å². The molecule has 1 N–H and O–H groups in total. The normalized spacial score (nSPS) is 19.2. The fraction of sp³-hybridized carbons (Fsp3) is 0.529. The number of hydrogen-bond acceptors (Lipinski definition) is 6. The molecule has 3 aliphatic rings. The van der Waals surface area contributed by atoms with Crippen molar-refractivity contribution in [1.82, 2.24) is 19.8 Å². The summed E-state index contributed by atoms with van der Waals surface area (Å²) in [4.78, 5) is 31.9. The zero-order valence-electron chi connectivity index (χ0n) is 25.4. The van der Waals surface area contributed by atoms with Crippen LogP contribution in [0.1, 0.15) is 76.6 Å². The van der Waals surface area contributed by atoms with Crippen molar-refractivity contribution in [3.8, 4) is 17.3 Å². The first kappa shape index (κ1) is 29.2. The first-order chi connectivity index (χ1) is 20.6. The lowest BCUT2D eigenvalue weighted by Gasteiger charge is -2.51. The maximum absolute atomic E-state index is 13.1. The summed E-state index contributed by atoms with van der Waals surface area (Å²) in [5.41, 5.74) is 4.02. The van der Waals surface area contributed by atoms with Crippen LogP contribution >= 0.6 is 0 Å². The predicted octanol–water partition coefficient (Wildman–Crippen LogP) is 5.97. The van der Waals surface area contributed by atoms with Crippen molar-refractivity contribution in [1.29, 1.82) is 5.26 Å². The number of ether oxygens (including phenoxy) is 2. The highest BCUT2D eigenvalue weighted by molar-refractivity contribution is 5.95. The molecule has 0 bridgehead atoms. The average molecular weight is 584 g/mol. The van der Waals surface area contributed by atoms with E-state index in [4.69, 9.17) is 9.47 Å². The summed E-state index contributed by atoms with van der Waals surface area (Å²) in [6, 6.07) is 14.4. The summed E-state index contributed by atoms with van der Waals surface area (Å²) in [5, 5.41) is 13.7. The minimum absolute atomic E-state index is 0.0213. The third-order valence-electron chi connectivity index (χ3n) is 9.29. The van der Waals surface area contributed by atoms with E-state index in [-0.39, 0.29) is 23.3 Å². The molecule has 1 aliphatic carbocycles. The van der Waals surface area contributed by atoms with Gasteiger partial charge in [-0.2, -0.15) is 5.26 Å². The van der Waals surface area contributed by atoms with Gasteiger partial charge in [-0.3, -0.25) is 4.79 Å². The molecule has 43 heavy (non-hydrogen) atoms. The van der Waals surface area contributed by atoms with Crippen molar-refractivity contribution in [2.24, 2.45) is 11.3 Å². The Morgan fingerprint density at radius 3 is 2.58 bits per heavy atom. The maximum Gasteiger partial charge on any atom is 0.410 e. The standard InChI is InChI=1S/C34H41N5O4/c1-33(2,3)43-32(41)38-13-11-34(12-14-38)18-24(19-34)31(40)36-21-23-7-8-27-28(29-6-4-5-25(20-35)37-29)22-39(30(27)17-23)26-9-15-42-16-10-26/h4-8,17,22,24,26H,9-16,18-19,21H2,1-3H3,(H,36,40). The van der Waals surface area contributed by atoms with E-state index in [9.17, 15) is 14.9 Å². The van der Waals surface area contributed by atoms with E-state index in [0.29, 0.717) is 31.4 Å². The smallest absolute Gasteiger partial charge is 0.410 e. The largest absolute Gasteiger partial charge is 0.444 e. The van der Waals surface area contributed by atoms with Crippen LogP contribution in [0.15, 0.2) is 42.6 Å². The molecule has 1 saturated carbocycles. The number of benzene rings is 1. The number of nitrogens with one attached hydrogen (secondary N) is 1. The van der Waals surface area contributed by atoms with Crippen molar-refractivity contribution in [2.45, 2.75) is 77.5 Å². The van der Waals surface area contributed by atoms with Gasteiger partial charge in [0, 0.05) is 67.5 Å². The number of nitriles is 1.